The number of rotatable bonds is 2. The molecule has 1 aromatic heterocycles. The van der Waals surface area contributed by atoms with Crippen LogP contribution in [0.4, 0.5) is 5.00 Å². The Kier molecular flexibility index (Phi) is 2.83. The molecule has 0 saturated carbocycles. The molecule has 0 atom stereocenters. The van der Waals surface area contributed by atoms with Crippen molar-refractivity contribution in [1.29, 1.82) is 0 Å². The summed E-state index contributed by atoms with van der Waals surface area (Å²) in [6.07, 6.45) is 0. The average Bonchev–Trinajstić information content (AvgIpc) is 2.59. The molecule has 3 nitrogen and oxygen atoms in total. The van der Waals surface area contributed by atoms with Crippen LogP contribution in [0.3, 0.4) is 0 Å². The Bertz CT molecular complexity index is 445. The van der Waals surface area contributed by atoms with Crippen LogP contribution in [0.2, 0.25) is 0 Å². The Morgan fingerprint density at radius 3 is 2.47 bits per heavy atom. The van der Waals surface area contributed by atoms with E-state index in [0.29, 0.717) is 10.0 Å². The molecule has 0 aliphatic heterocycles. The van der Waals surface area contributed by atoms with E-state index < -0.39 is 0 Å². The zero-order chi connectivity index (χ0) is 10.8. The van der Waals surface area contributed by atoms with Crippen molar-refractivity contribution in [2.24, 2.45) is 0 Å². The summed E-state index contributed by atoms with van der Waals surface area (Å²) in [6, 6.07) is 7.69. The molecule has 0 aliphatic rings. The molecule has 0 radical (unpaired) electrons. The van der Waals surface area contributed by atoms with Crippen LogP contribution in [0, 0.1) is 0 Å². The fourth-order valence-corrected chi connectivity index (χ4v) is 2.22. The predicted octanol–water partition coefficient (Wildman–Crippen LogP) is 2.69. The zero-order valence-corrected chi connectivity index (χ0v) is 9.81. The van der Waals surface area contributed by atoms with Crippen molar-refractivity contribution in [3.63, 3.8) is 0 Å². The molecule has 1 heterocycles. The van der Waals surface area contributed by atoms with Crippen LogP contribution in [0.25, 0.3) is 10.6 Å². The van der Waals surface area contributed by atoms with E-state index in [-0.39, 0.29) is 0 Å². The highest BCUT2D eigenvalue weighted by Gasteiger charge is 2.06. The molecule has 0 aliphatic carbocycles. The number of nitrogens with two attached hydrogens (primary N) is 1. The van der Waals surface area contributed by atoms with E-state index in [1.54, 1.807) is 7.11 Å². The molecular weight excluding hydrogens is 228 g/mol. The van der Waals surface area contributed by atoms with Crippen molar-refractivity contribution in [1.82, 2.24) is 4.98 Å². The van der Waals surface area contributed by atoms with Crippen LogP contribution in [0.1, 0.15) is 0 Å². The number of benzene rings is 1. The fraction of sp³-hybridized carbons (Fsp3) is 0.100. The molecule has 1 aromatic carbocycles. The minimum atomic E-state index is 0.589. The number of anilines is 1. The number of thiol groups is 1. The second kappa shape index (κ2) is 4.12. The highest BCUT2D eigenvalue weighted by Crippen LogP contribution is 2.32. The molecule has 0 amide bonds. The van der Waals surface area contributed by atoms with Gasteiger partial charge in [0.25, 0.3) is 0 Å². The summed E-state index contributed by atoms with van der Waals surface area (Å²) in [5.74, 6) is 0.828. The van der Waals surface area contributed by atoms with Gasteiger partial charge in [0.1, 0.15) is 20.8 Å². The monoisotopic (exact) mass is 238 g/mol. The fourth-order valence-electron chi connectivity index (χ4n) is 1.18. The lowest BCUT2D eigenvalue weighted by molar-refractivity contribution is 0.415. The van der Waals surface area contributed by atoms with Crippen molar-refractivity contribution in [2.75, 3.05) is 12.8 Å². The Morgan fingerprint density at radius 2 is 2.00 bits per heavy atom. The van der Waals surface area contributed by atoms with E-state index >= 15 is 0 Å². The SMILES string of the molecule is COc1ccc(-c2nc(S)c(N)s2)cc1. The van der Waals surface area contributed by atoms with E-state index in [4.69, 9.17) is 10.5 Å². The third-order valence-corrected chi connectivity index (χ3v) is 3.40. The quantitative estimate of drug-likeness (QED) is 0.791. The summed E-state index contributed by atoms with van der Waals surface area (Å²) in [4.78, 5) is 4.25. The normalized spacial score (nSPS) is 10.3. The van der Waals surface area contributed by atoms with Crippen LogP contribution in [0.5, 0.6) is 5.75 Å². The highest BCUT2D eigenvalue weighted by molar-refractivity contribution is 7.80. The maximum Gasteiger partial charge on any atom is 0.128 e. The third kappa shape index (κ3) is 2.08. The van der Waals surface area contributed by atoms with Gasteiger partial charge in [0.2, 0.25) is 0 Å². The number of nitrogens with zero attached hydrogens (tertiary/aromatic N) is 1. The maximum absolute atomic E-state index is 5.69. The van der Waals surface area contributed by atoms with Gasteiger partial charge in [-0.1, -0.05) is 11.3 Å². The summed E-state index contributed by atoms with van der Waals surface area (Å²) in [7, 11) is 1.64. The van der Waals surface area contributed by atoms with Gasteiger partial charge in [0, 0.05) is 5.56 Å². The van der Waals surface area contributed by atoms with E-state index in [2.05, 4.69) is 17.6 Å². The third-order valence-electron chi connectivity index (χ3n) is 1.97. The number of thiazole rings is 1. The molecule has 0 unspecified atom stereocenters. The molecule has 2 aromatic rings. The first kappa shape index (κ1) is 10.3. The minimum absolute atomic E-state index is 0.589. The topological polar surface area (TPSA) is 48.1 Å². The average molecular weight is 238 g/mol. The molecule has 0 spiro atoms. The smallest absolute Gasteiger partial charge is 0.128 e. The summed E-state index contributed by atoms with van der Waals surface area (Å²) in [6.45, 7) is 0. The van der Waals surface area contributed by atoms with Crippen molar-refractivity contribution in [2.45, 2.75) is 5.03 Å². The molecule has 0 bridgehead atoms. The Hall–Kier alpha value is -1.20. The molecule has 78 valence electrons. The highest BCUT2D eigenvalue weighted by atomic mass is 32.1. The summed E-state index contributed by atoms with van der Waals surface area (Å²) < 4.78 is 5.08. The van der Waals surface area contributed by atoms with Crippen molar-refractivity contribution in [3.05, 3.63) is 24.3 Å². The lowest BCUT2D eigenvalue weighted by Crippen LogP contribution is -1.82. The number of ether oxygens (including phenoxy) is 1. The standard InChI is InChI=1S/C10H10N2OS2/c1-13-7-4-2-6(3-5-7)10-12-9(14)8(11)15-10/h2-5,14H,11H2,1H3. The maximum atomic E-state index is 5.69. The first-order chi connectivity index (χ1) is 7.20. The van der Waals surface area contributed by atoms with Crippen LogP contribution < -0.4 is 10.5 Å². The van der Waals surface area contributed by atoms with Gasteiger partial charge < -0.3 is 10.5 Å². The molecule has 2 N–H and O–H groups in total. The second-order valence-corrected chi connectivity index (χ2v) is 4.39. The molecule has 5 heteroatoms. The van der Waals surface area contributed by atoms with Crippen LogP contribution in [0.15, 0.2) is 29.3 Å². The van der Waals surface area contributed by atoms with E-state index in [1.165, 1.54) is 11.3 Å². The van der Waals surface area contributed by atoms with Gasteiger partial charge in [0.15, 0.2) is 0 Å². The van der Waals surface area contributed by atoms with Crippen molar-refractivity contribution in [3.8, 4) is 16.3 Å². The summed E-state index contributed by atoms with van der Waals surface area (Å²) >= 11 is 5.59. The minimum Gasteiger partial charge on any atom is -0.497 e. The Balaban J connectivity index is 2.37. The number of hydrogen-bond acceptors (Lipinski definition) is 5. The summed E-state index contributed by atoms with van der Waals surface area (Å²) in [5, 5.41) is 2.11. The number of aromatic nitrogens is 1. The number of hydrogen-bond donors (Lipinski definition) is 2. The van der Waals surface area contributed by atoms with Crippen LogP contribution in [-0.4, -0.2) is 12.1 Å². The van der Waals surface area contributed by atoms with Gasteiger partial charge in [-0.3, -0.25) is 0 Å². The molecule has 2 rings (SSSR count). The molecule has 0 saturated heterocycles. The van der Waals surface area contributed by atoms with E-state index in [0.717, 1.165) is 16.3 Å². The first-order valence-corrected chi connectivity index (χ1v) is 5.57. The molecule has 0 fully saturated rings. The second-order valence-electron chi connectivity index (χ2n) is 2.94. The summed E-state index contributed by atoms with van der Waals surface area (Å²) in [5.41, 5.74) is 6.71. The van der Waals surface area contributed by atoms with E-state index in [1.807, 2.05) is 24.3 Å². The lowest BCUT2D eigenvalue weighted by atomic mass is 10.2. The van der Waals surface area contributed by atoms with Crippen LogP contribution in [-0.2, 0) is 0 Å². The predicted molar refractivity (Wildman–Crippen MR) is 65.8 cm³/mol. The van der Waals surface area contributed by atoms with Gasteiger partial charge in [-0.25, -0.2) is 4.98 Å². The Morgan fingerprint density at radius 1 is 1.33 bits per heavy atom. The van der Waals surface area contributed by atoms with Crippen LogP contribution >= 0.6 is 24.0 Å². The molecular formula is C10H10N2OS2. The number of methoxy groups -OCH3 is 1. The lowest BCUT2D eigenvalue weighted by Gasteiger charge is -1.99. The van der Waals surface area contributed by atoms with Gasteiger partial charge in [-0.15, -0.1) is 12.6 Å². The van der Waals surface area contributed by atoms with Crippen molar-refractivity contribution >= 4 is 29.0 Å². The number of nitrogen functional groups attached to an aromatic ring is 1. The largest absolute Gasteiger partial charge is 0.497 e. The first-order valence-electron chi connectivity index (χ1n) is 4.30. The van der Waals surface area contributed by atoms with Gasteiger partial charge in [-0.05, 0) is 24.3 Å². The van der Waals surface area contributed by atoms with Gasteiger partial charge in [0.05, 0.1) is 7.11 Å². The van der Waals surface area contributed by atoms with Crippen molar-refractivity contribution < 1.29 is 4.74 Å². The van der Waals surface area contributed by atoms with E-state index in [9.17, 15) is 0 Å². The van der Waals surface area contributed by atoms with Gasteiger partial charge in [-0.2, -0.15) is 0 Å². The van der Waals surface area contributed by atoms with Gasteiger partial charge >= 0.3 is 0 Å². The molecule has 15 heavy (non-hydrogen) atoms. The zero-order valence-electron chi connectivity index (χ0n) is 8.10. The Labute approximate surface area is 97.3 Å².